The molecule has 0 bridgehead atoms. The van der Waals surface area contributed by atoms with Crippen LogP contribution in [0, 0.1) is 6.92 Å². The average molecular weight is 270 g/mol. The number of hydrogen-bond acceptors (Lipinski definition) is 7. The van der Waals surface area contributed by atoms with Crippen molar-refractivity contribution in [1.29, 1.82) is 0 Å². The third kappa shape index (κ3) is 2.86. The Morgan fingerprint density at radius 2 is 2.28 bits per heavy atom. The first-order valence-corrected chi connectivity index (χ1v) is 5.66. The van der Waals surface area contributed by atoms with Crippen molar-refractivity contribution in [2.75, 3.05) is 19.0 Å². The van der Waals surface area contributed by atoms with E-state index in [1.807, 2.05) is 0 Å². The maximum Gasteiger partial charge on any atom is 0.228 e. The summed E-state index contributed by atoms with van der Waals surface area (Å²) in [5, 5.41) is 7.05. The molecule has 8 heteroatoms. The molecule has 0 aliphatic carbocycles. The first-order valence-electron chi connectivity index (χ1n) is 5.28. The lowest BCUT2D eigenvalue weighted by Crippen LogP contribution is -2.08. The molecule has 0 spiro atoms. The predicted molar refractivity (Wildman–Crippen MR) is 64.8 cm³/mol. The van der Waals surface area contributed by atoms with Crippen LogP contribution in [0.3, 0.4) is 0 Å². The van der Waals surface area contributed by atoms with Crippen molar-refractivity contribution in [1.82, 2.24) is 20.1 Å². The molecule has 0 radical (unpaired) electrons. The molecule has 2 rings (SSSR count). The Kier molecular flexibility index (Phi) is 3.93. The van der Waals surface area contributed by atoms with E-state index >= 15 is 0 Å². The Hall–Kier alpha value is -1.89. The molecule has 7 nitrogen and oxygen atoms in total. The second-order valence-corrected chi connectivity index (χ2v) is 3.82. The highest BCUT2D eigenvalue weighted by atomic mass is 35.5. The van der Waals surface area contributed by atoms with Gasteiger partial charge in [-0.1, -0.05) is 16.8 Å². The molecule has 0 aliphatic rings. The molecule has 0 aliphatic heterocycles. The molecule has 96 valence electrons. The molecule has 0 atom stereocenters. The zero-order valence-corrected chi connectivity index (χ0v) is 10.7. The summed E-state index contributed by atoms with van der Waals surface area (Å²) in [7, 11) is 1.51. The van der Waals surface area contributed by atoms with Crippen LogP contribution in [0.4, 0.5) is 5.82 Å². The van der Waals surface area contributed by atoms with Gasteiger partial charge in [0, 0.05) is 13.0 Å². The summed E-state index contributed by atoms with van der Waals surface area (Å²) in [5.74, 6) is 2.14. The van der Waals surface area contributed by atoms with Crippen LogP contribution in [0.1, 0.15) is 11.7 Å². The first kappa shape index (κ1) is 12.6. The first-order chi connectivity index (χ1) is 8.70. The number of nitrogens with zero attached hydrogens (tertiary/aromatic N) is 4. The number of anilines is 1. The zero-order chi connectivity index (χ0) is 13.0. The fourth-order valence-corrected chi connectivity index (χ4v) is 1.60. The molecule has 0 saturated heterocycles. The van der Waals surface area contributed by atoms with Crippen molar-refractivity contribution >= 4 is 17.4 Å². The van der Waals surface area contributed by atoms with Crippen molar-refractivity contribution in [3.05, 3.63) is 23.2 Å². The van der Waals surface area contributed by atoms with Crippen LogP contribution in [0.25, 0.3) is 0 Å². The molecule has 2 aromatic heterocycles. The predicted octanol–water partition coefficient (Wildman–Crippen LogP) is 1.48. The van der Waals surface area contributed by atoms with Gasteiger partial charge >= 0.3 is 0 Å². The number of halogens is 1. The third-order valence-electron chi connectivity index (χ3n) is 2.17. The third-order valence-corrected chi connectivity index (χ3v) is 2.43. The van der Waals surface area contributed by atoms with Gasteiger partial charge in [-0.25, -0.2) is 9.97 Å². The number of aromatic nitrogens is 4. The molecule has 0 fully saturated rings. The van der Waals surface area contributed by atoms with Gasteiger partial charge in [-0.05, 0) is 6.92 Å². The smallest absolute Gasteiger partial charge is 0.228 e. The standard InChI is InChI=1S/C10H12ClN5O2/c1-6-15-7(18-16-6)3-4-12-10-8(17-2)9(11)13-5-14-10/h5H,3-4H2,1-2H3,(H,12,13,14). The average Bonchev–Trinajstić information content (AvgIpc) is 2.75. The monoisotopic (exact) mass is 269 g/mol. The molecule has 2 aromatic rings. The second kappa shape index (κ2) is 5.63. The van der Waals surface area contributed by atoms with Crippen molar-refractivity contribution in [2.24, 2.45) is 0 Å². The van der Waals surface area contributed by atoms with E-state index in [2.05, 4.69) is 25.4 Å². The summed E-state index contributed by atoms with van der Waals surface area (Å²) in [6.07, 6.45) is 1.95. The number of ether oxygens (including phenoxy) is 1. The maximum absolute atomic E-state index is 5.87. The van der Waals surface area contributed by atoms with Crippen LogP contribution in [-0.2, 0) is 6.42 Å². The van der Waals surface area contributed by atoms with Gasteiger partial charge in [0.15, 0.2) is 22.5 Å². The Morgan fingerprint density at radius 1 is 1.44 bits per heavy atom. The van der Waals surface area contributed by atoms with E-state index in [0.29, 0.717) is 36.2 Å². The number of hydrogen-bond donors (Lipinski definition) is 1. The Balaban J connectivity index is 1.96. The second-order valence-electron chi connectivity index (χ2n) is 3.46. The lowest BCUT2D eigenvalue weighted by Gasteiger charge is -2.09. The van der Waals surface area contributed by atoms with Crippen molar-refractivity contribution < 1.29 is 9.26 Å². The van der Waals surface area contributed by atoms with E-state index in [-0.39, 0.29) is 5.15 Å². The highest BCUT2D eigenvalue weighted by molar-refractivity contribution is 6.31. The van der Waals surface area contributed by atoms with Crippen molar-refractivity contribution in [2.45, 2.75) is 13.3 Å². The van der Waals surface area contributed by atoms with E-state index in [4.69, 9.17) is 20.9 Å². The van der Waals surface area contributed by atoms with Crippen LogP contribution >= 0.6 is 11.6 Å². The van der Waals surface area contributed by atoms with Gasteiger partial charge < -0.3 is 14.6 Å². The number of rotatable bonds is 5. The highest BCUT2D eigenvalue weighted by Crippen LogP contribution is 2.28. The summed E-state index contributed by atoms with van der Waals surface area (Å²) >= 11 is 5.87. The topological polar surface area (TPSA) is 86.0 Å². The Morgan fingerprint density at radius 3 is 2.94 bits per heavy atom. The SMILES string of the molecule is COc1c(Cl)ncnc1NCCc1nc(C)no1. The molecule has 0 unspecified atom stereocenters. The fourth-order valence-electron chi connectivity index (χ4n) is 1.39. The maximum atomic E-state index is 5.87. The zero-order valence-electron chi connectivity index (χ0n) is 9.97. The molecule has 18 heavy (non-hydrogen) atoms. The van der Waals surface area contributed by atoms with E-state index < -0.39 is 0 Å². The van der Waals surface area contributed by atoms with Crippen LogP contribution in [0.2, 0.25) is 5.15 Å². The lowest BCUT2D eigenvalue weighted by atomic mass is 10.4. The molecular formula is C10H12ClN5O2. The molecular weight excluding hydrogens is 258 g/mol. The van der Waals surface area contributed by atoms with Crippen LogP contribution in [-0.4, -0.2) is 33.8 Å². The minimum atomic E-state index is 0.267. The number of nitrogens with one attached hydrogen (secondary N) is 1. The summed E-state index contributed by atoms with van der Waals surface area (Å²) in [5.41, 5.74) is 0. The molecule has 1 N–H and O–H groups in total. The van der Waals surface area contributed by atoms with Gasteiger partial charge in [0.2, 0.25) is 5.89 Å². The van der Waals surface area contributed by atoms with Crippen molar-refractivity contribution in [3.63, 3.8) is 0 Å². The number of aryl methyl sites for hydroxylation is 1. The Bertz CT molecular complexity index is 531. The van der Waals surface area contributed by atoms with Crippen molar-refractivity contribution in [3.8, 4) is 5.75 Å². The van der Waals surface area contributed by atoms with Gasteiger partial charge in [0.05, 0.1) is 7.11 Å². The molecule has 0 saturated carbocycles. The lowest BCUT2D eigenvalue weighted by molar-refractivity contribution is 0.376. The molecule has 2 heterocycles. The normalized spacial score (nSPS) is 10.4. The van der Waals surface area contributed by atoms with Gasteiger partial charge in [-0.2, -0.15) is 4.98 Å². The molecule has 0 amide bonds. The van der Waals surface area contributed by atoms with E-state index in [1.165, 1.54) is 13.4 Å². The highest BCUT2D eigenvalue weighted by Gasteiger charge is 2.10. The van der Waals surface area contributed by atoms with Gasteiger partial charge in [-0.3, -0.25) is 0 Å². The van der Waals surface area contributed by atoms with E-state index in [0.717, 1.165) is 0 Å². The fraction of sp³-hybridized carbons (Fsp3) is 0.400. The molecule has 0 aromatic carbocycles. The van der Waals surface area contributed by atoms with E-state index in [9.17, 15) is 0 Å². The minimum Gasteiger partial charge on any atom is -0.490 e. The minimum absolute atomic E-state index is 0.267. The largest absolute Gasteiger partial charge is 0.490 e. The number of methoxy groups -OCH3 is 1. The van der Waals surface area contributed by atoms with Crippen LogP contribution in [0.15, 0.2) is 10.9 Å². The summed E-state index contributed by atoms with van der Waals surface area (Å²) in [6, 6.07) is 0. The van der Waals surface area contributed by atoms with Crippen LogP contribution < -0.4 is 10.1 Å². The van der Waals surface area contributed by atoms with Gasteiger partial charge in [-0.15, -0.1) is 0 Å². The quantitative estimate of drug-likeness (QED) is 0.823. The van der Waals surface area contributed by atoms with E-state index in [1.54, 1.807) is 6.92 Å². The van der Waals surface area contributed by atoms with Gasteiger partial charge in [0.1, 0.15) is 6.33 Å². The van der Waals surface area contributed by atoms with Gasteiger partial charge in [0.25, 0.3) is 0 Å². The summed E-state index contributed by atoms with van der Waals surface area (Å²) in [4.78, 5) is 12.0. The van der Waals surface area contributed by atoms with Crippen LogP contribution in [0.5, 0.6) is 5.75 Å². The summed E-state index contributed by atoms with van der Waals surface area (Å²) < 4.78 is 10.1. The summed E-state index contributed by atoms with van der Waals surface area (Å²) in [6.45, 7) is 2.35. The Labute approximate surface area is 109 Å².